The van der Waals surface area contributed by atoms with Gasteiger partial charge in [0.15, 0.2) is 5.03 Å². The predicted octanol–water partition coefficient (Wildman–Crippen LogP) is 1.83. The highest BCUT2D eigenvalue weighted by atomic mass is 32.2. The van der Waals surface area contributed by atoms with E-state index in [2.05, 4.69) is 4.98 Å². The lowest BCUT2D eigenvalue weighted by Crippen LogP contribution is -2.38. The number of non-ortho nitro benzene ring substituents is 1. The van der Waals surface area contributed by atoms with Crippen molar-refractivity contribution in [3.63, 3.8) is 0 Å². The van der Waals surface area contributed by atoms with Crippen molar-refractivity contribution in [2.24, 2.45) is 7.05 Å². The molecule has 2 aliphatic rings. The molecule has 6 rings (SSSR count). The number of aromatic hydroxyl groups is 1. The van der Waals surface area contributed by atoms with Crippen molar-refractivity contribution < 1.29 is 18.4 Å². The van der Waals surface area contributed by atoms with Gasteiger partial charge in [-0.15, -0.1) is 0 Å². The summed E-state index contributed by atoms with van der Waals surface area (Å²) in [5.74, 6) is -0.377. The third-order valence-electron chi connectivity index (χ3n) is 6.58. The summed E-state index contributed by atoms with van der Waals surface area (Å²) in [6.45, 7) is 0.0843. The van der Waals surface area contributed by atoms with Gasteiger partial charge in [-0.2, -0.15) is 4.31 Å². The summed E-state index contributed by atoms with van der Waals surface area (Å²) in [6.07, 6.45) is 3.17. The summed E-state index contributed by atoms with van der Waals surface area (Å²) < 4.78 is 31.7. The van der Waals surface area contributed by atoms with Gasteiger partial charge in [0.05, 0.1) is 34.4 Å². The third-order valence-corrected chi connectivity index (χ3v) is 8.34. The molecule has 0 saturated carbocycles. The quantitative estimate of drug-likeness (QED) is 0.345. The second-order valence-electron chi connectivity index (χ2n) is 8.46. The molecule has 4 heterocycles. The molecule has 2 bridgehead atoms. The Bertz CT molecular complexity index is 1680. The summed E-state index contributed by atoms with van der Waals surface area (Å²) in [7, 11) is -2.27. The minimum atomic E-state index is -3.94. The van der Waals surface area contributed by atoms with Crippen molar-refractivity contribution in [1.29, 1.82) is 0 Å². The molecule has 0 amide bonds. The zero-order valence-corrected chi connectivity index (χ0v) is 18.6. The van der Waals surface area contributed by atoms with Crippen LogP contribution in [0.3, 0.4) is 0 Å². The lowest BCUT2D eigenvalue weighted by molar-refractivity contribution is -0.383. The van der Waals surface area contributed by atoms with E-state index in [1.54, 1.807) is 31.3 Å². The molecule has 34 heavy (non-hydrogen) atoms. The largest absolute Gasteiger partial charge is 0.493 e. The number of rotatable bonds is 4. The first-order valence-corrected chi connectivity index (χ1v) is 11.9. The van der Waals surface area contributed by atoms with Crippen LogP contribution in [0.4, 0.5) is 5.69 Å². The van der Waals surface area contributed by atoms with Crippen LogP contribution in [0.5, 0.6) is 5.88 Å². The van der Waals surface area contributed by atoms with E-state index in [1.165, 1.54) is 38.1 Å². The number of sulfonamides is 1. The molecule has 2 aromatic carbocycles. The van der Waals surface area contributed by atoms with Gasteiger partial charge in [0.2, 0.25) is 5.88 Å². The molecule has 174 valence electrons. The Kier molecular flexibility index (Phi) is 4.11. The third kappa shape index (κ3) is 2.58. The van der Waals surface area contributed by atoms with E-state index in [-0.39, 0.29) is 34.5 Å². The Morgan fingerprint density at radius 1 is 1.18 bits per heavy atom. The summed E-state index contributed by atoms with van der Waals surface area (Å²) in [5, 5.41) is 23.3. The molecule has 1 fully saturated rings. The van der Waals surface area contributed by atoms with Crippen LogP contribution in [0, 0.1) is 10.1 Å². The van der Waals surface area contributed by atoms with Gasteiger partial charge < -0.3 is 9.67 Å². The topological polar surface area (TPSA) is 146 Å². The van der Waals surface area contributed by atoms with Gasteiger partial charge in [-0.25, -0.2) is 22.8 Å². The van der Waals surface area contributed by atoms with Crippen LogP contribution in [-0.2, 0) is 17.1 Å². The number of imidazole rings is 2. The standard InChI is InChI=1S/C21H18N6O6S/c1-23-10-18(22-11-23)34(32,33)24-9-12-8-17(24)19-20(28)26(21(29)25(12)19)15-6-7-16(27(30)31)14-5-3-2-4-13(14)15/h2-7,10-12,17,28H,8-9H2,1H3/t12-,17-/m0/s1. The number of nitro groups is 1. The Morgan fingerprint density at radius 2 is 1.91 bits per heavy atom. The Labute approximate surface area is 192 Å². The van der Waals surface area contributed by atoms with Gasteiger partial charge in [0, 0.05) is 31.2 Å². The molecule has 4 aromatic rings. The highest BCUT2D eigenvalue weighted by molar-refractivity contribution is 7.89. The fourth-order valence-corrected chi connectivity index (χ4v) is 6.76. The molecule has 1 saturated heterocycles. The molecular formula is C21H18N6O6S. The smallest absolute Gasteiger partial charge is 0.336 e. The maximum Gasteiger partial charge on any atom is 0.336 e. The average molecular weight is 482 g/mol. The van der Waals surface area contributed by atoms with Crippen LogP contribution in [-0.4, -0.2) is 48.0 Å². The maximum atomic E-state index is 13.4. The van der Waals surface area contributed by atoms with Gasteiger partial charge in [-0.3, -0.25) is 14.7 Å². The minimum Gasteiger partial charge on any atom is -0.493 e. The second kappa shape index (κ2) is 6.77. The molecule has 2 atom stereocenters. The number of fused-ring (bicyclic) bond motifs is 6. The number of nitro benzene ring substituents is 1. The van der Waals surface area contributed by atoms with E-state index >= 15 is 0 Å². The number of nitrogens with zero attached hydrogens (tertiary/aromatic N) is 6. The fourth-order valence-electron chi connectivity index (χ4n) is 5.15. The summed E-state index contributed by atoms with van der Waals surface area (Å²) in [5.41, 5.74) is -0.146. The molecule has 0 spiro atoms. The lowest BCUT2D eigenvalue weighted by atomic mass is 10.1. The molecule has 0 aliphatic carbocycles. The number of hydrogen-bond acceptors (Lipinski definition) is 7. The molecular weight excluding hydrogens is 464 g/mol. The van der Waals surface area contributed by atoms with Crippen molar-refractivity contribution in [3.8, 4) is 11.6 Å². The molecule has 2 aliphatic heterocycles. The van der Waals surface area contributed by atoms with Crippen molar-refractivity contribution in [1.82, 2.24) is 23.0 Å². The SMILES string of the molecule is Cn1cnc(S(=O)(=O)N2C[C@@H]3C[C@H]2c2c(O)n(-c4ccc([N+](=O)[O-])c5ccccc45)c(=O)n23)c1. The van der Waals surface area contributed by atoms with Gasteiger partial charge in [0.1, 0.15) is 5.69 Å². The van der Waals surface area contributed by atoms with Crippen molar-refractivity contribution >= 4 is 26.5 Å². The van der Waals surface area contributed by atoms with Crippen LogP contribution in [0.2, 0.25) is 0 Å². The molecule has 2 aromatic heterocycles. The van der Waals surface area contributed by atoms with E-state index in [0.717, 1.165) is 4.57 Å². The van der Waals surface area contributed by atoms with Crippen molar-refractivity contribution in [3.05, 3.63) is 75.2 Å². The normalized spacial score (nSPS) is 19.7. The minimum absolute atomic E-state index is 0.0843. The van der Waals surface area contributed by atoms with Crippen LogP contribution in [0.1, 0.15) is 24.2 Å². The van der Waals surface area contributed by atoms with E-state index in [9.17, 15) is 28.4 Å². The van der Waals surface area contributed by atoms with Crippen LogP contribution in [0.15, 0.2) is 58.7 Å². The number of aryl methyl sites for hydroxylation is 1. The fraction of sp³-hybridized carbons (Fsp3) is 0.238. The molecule has 12 nitrogen and oxygen atoms in total. The first-order valence-electron chi connectivity index (χ1n) is 10.4. The molecule has 0 unspecified atom stereocenters. The van der Waals surface area contributed by atoms with E-state index in [4.69, 9.17) is 0 Å². The van der Waals surface area contributed by atoms with E-state index in [0.29, 0.717) is 17.2 Å². The molecule has 13 heteroatoms. The van der Waals surface area contributed by atoms with E-state index < -0.39 is 32.7 Å². The summed E-state index contributed by atoms with van der Waals surface area (Å²) in [4.78, 5) is 28.3. The van der Waals surface area contributed by atoms with Crippen LogP contribution < -0.4 is 5.69 Å². The Balaban J connectivity index is 1.52. The average Bonchev–Trinajstić information content (AvgIpc) is 3.57. The zero-order chi connectivity index (χ0) is 23.9. The van der Waals surface area contributed by atoms with Crippen molar-refractivity contribution in [2.75, 3.05) is 6.54 Å². The van der Waals surface area contributed by atoms with Gasteiger partial charge in [-0.1, -0.05) is 18.2 Å². The first-order chi connectivity index (χ1) is 16.2. The van der Waals surface area contributed by atoms with Gasteiger partial charge in [0.25, 0.3) is 15.7 Å². The Morgan fingerprint density at radius 3 is 2.59 bits per heavy atom. The van der Waals surface area contributed by atoms with Crippen molar-refractivity contribution in [2.45, 2.75) is 23.5 Å². The molecule has 0 radical (unpaired) electrons. The second-order valence-corrected chi connectivity index (χ2v) is 10.3. The monoisotopic (exact) mass is 482 g/mol. The van der Waals surface area contributed by atoms with Gasteiger partial charge >= 0.3 is 5.69 Å². The van der Waals surface area contributed by atoms with E-state index in [1.807, 2.05) is 0 Å². The predicted molar refractivity (Wildman–Crippen MR) is 119 cm³/mol. The highest BCUT2D eigenvalue weighted by Crippen LogP contribution is 2.50. The lowest BCUT2D eigenvalue weighted by Gasteiger charge is -2.25. The first kappa shape index (κ1) is 20.6. The summed E-state index contributed by atoms with van der Waals surface area (Å²) in [6, 6.07) is 8.10. The number of hydrogen-bond donors (Lipinski definition) is 1. The number of benzene rings is 2. The molecule has 1 N–H and O–H groups in total. The van der Waals surface area contributed by atoms with Crippen LogP contribution in [0.25, 0.3) is 16.5 Å². The van der Waals surface area contributed by atoms with Gasteiger partial charge in [-0.05, 0) is 18.6 Å². The highest BCUT2D eigenvalue weighted by Gasteiger charge is 2.52. The zero-order valence-electron chi connectivity index (χ0n) is 17.8. The van der Waals surface area contributed by atoms with Crippen LogP contribution >= 0.6 is 0 Å². The summed E-state index contributed by atoms with van der Waals surface area (Å²) >= 11 is 0. The number of aromatic nitrogens is 4. The Hall–Kier alpha value is -3.97. The maximum absolute atomic E-state index is 13.4.